The number of rotatable bonds is 3. The largest absolute Gasteiger partial charge is 0.493 e. The summed E-state index contributed by atoms with van der Waals surface area (Å²) in [5, 5.41) is 3.28. The van der Waals surface area contributed by atoms with Gasteiger partial charge in [0.05, 0.1) is 25.7 Å². The molecule has 2 heterocycles. The summed E-state index contributed by atoms with van der Waals surface area (Å²) in [5.41, 5.74) is 2.00. The Hall–Kier alpha value is -2.87. The maximum atomic E-state index is 13.3. The summed E-state index contributed by atoms with van der Waals surface area (Å²) in [6.07, 6.45) is 1.09. The summed E-state index contributed by atoms with van der Waals surface area (Å²) < 4.78 is 11.3. The average Bonchev–Trinajstić information content (AvgIpc) is 2.64. The van der Waals surface area contributed by atoms with Gasteiger partial charge < -0.3 is 19.8 Å². The van der Waals surface area contributed by atoms with Crippen LogP contribution in [-0.2, 0) is 4.79 Å². The van der Waals surface area contributed by atoms with Crippen molar-refractivity contribution in [1.82, 2.24) is 9.97 Å². The Labute approximate surface area is 173 Å². The third-order valence-corrected chi connectivity index (χ3v) is 5.70. The number of allylic oxidation sites excluding steroid dienone is 2. The first-order valence-corrected chi connectivity index (χ1v) is 9.77. The number of aromatic amines is 2. The maximum absolute atomic E-state index is 13.3. The van der Waals surface area contributed by atoms with Crippen LogP contribution in [0.2, 0.25) is 0 Å². The molecule has 0 saturated carbocycles. The minimum atomic E-state index is -0.592. The Balaban J connectivity index is 2.06. The van der Waals surface area contributed by atoms with Crippen molar-refractivity contribution < 1.29 is 14.3 Å². The topological polar surface area (TPSA) is 96.2 Å². The van der Waals surface area contributed by atoms with E-state index in [1.54, 1.807) is 20.3 Å². The van der Waals surface area contributed by atoms with Gasteiger partial charge in [0, 0.05) is 23.3 Å². The fourth-order valence-electron chi connectivity index (χ4n) is 4.40. The van der Waals surface area contributed by atoms with Crippen LogP contribution < -0.4 is 20.3 Å². The monoisotopic (exact) mass is 413 g/mol. The van der Waals surface area contributed by atoms with E-state index in [9.17, 15) is 9.59 Å². The van der Waals surface area contributed by atoms with Crippen LogP contribution in [0.3, 0.4) is 0 Å². The van der Waals surface area contributed by atoms with Gasteiger partial charge in [-0.1, -0.05) is 26.0 Å². The number of anilines is 1. The van der Waals surface area contributed by atoms with Crippen molar-refractivity contribution in [2.24, 2.45) is 5.41 Å². The van der Waals surface area contributed by atoms with Gasteiger partial charge in [-0.05, 0) is 30.1 Å². The fraction of sp³-hybridized carbons (Fsp3) is 0.381. The quantitative estimate of drug-likeness (QED) is 0.665. The molecule has 7 nitrogen and oxygen atoms in total. The normalized spacial score (nSPS) is 19.9. The molecular weight excluding hydrogens is 390 g/mol. The van der Waals surface area contributed by atoms with E-state index in [-0.39, 0.29) is 21.5 Å². The number of carbonyl (C=O) groups excluding carboxylic acids is 1. The van der Waals surface area contributed by atoms with E-state index in [1.165, 1.54) is 0 Å². The zero-order valence-corrected chi connectivity index (χ0v) is 17.6. The zero-order valence-electron chi connectivity index (χ0n) is 16.8. The number of aromatic nitrogens is 2. The highest BCUT2D eigenvalue weighted by atomic mass is 32.1. The molecule has 0 spiro atoms. The summed E-state index contributed by atoms with van der Waals surface area (Å²) in [5.74, 6) is 0.977. The lowest BCUT2D eigenvalue weighted by Crippen LogP contribution is -2.37. The van der Waals surface area contributed by atoms with Gasteiger partial charge in [-0.2, -0.15) is 0 Å². The summed E-state index contributed by atoms with van der Waals surface area (Å²) in [7, 11) is 3.11. The van der Waals surface area contributed by atoms with Crippen LogP contribution in [0, 0.1) is 10.2 Å². The molecule has 0 bridgehead atoms. The Morgan fingerprint density at radius 3 is 2.55 bits per heavy atom. The third kappa shape index (κ3) is 3.17. The Morgan fingerprint density at radius 2 is 1.86 bits per heavy atom. The number of ketones is 1. The standard InChI is InChI=1S/C21H23N3O4S/c1-21(2)8-11-15(12(25)9-21)14(10-6-5-7-13(27-3)17(10)28-4)16-18(22-11)23-20(29)24-19(16)26/h5-7,14H,8-9H2,1-4H3,(H3,22,23,24,26,29)/t14-/m0/s1. The number of Topliss-reactive ketones (excluding diaryl/α,β-unsaturated/α-hetero) is 1. The van der Waals surface area contributed by atoms with Crippen molar-refractivity contribution in [2.45, 2.75) is 32.6 Å². The van der Waals surface area contributed by atoms with Crippen LogP contribution >= 0.6 is 12.2 Å². The minimum Gasteiger partial charge on any atom is -0.493 e. The Morgan fingerprint density at radius 1 is 1.10 bits per heavy atom. The van der Waals surface area contributed by atoms with Crippen LogP contribution in [0.15, 0.2) is 34.3 Å². The molecule has 0 unspecified atom stereocenters. The van der Waals surface area contributed by atoms with Crippen molar-refractivity contribution in [3.05, 3.63) is 55.7 Å². The third-order valence-electron chi connectivity index (χ3n) is 5.50. The molecule has 1 aromatic heterocycles. The Bertz CT molecular complexity index is 1160. The van der Waals surface area contributed by atoms with Gasteiger partial charge in [-0.3, -0.25) is 14.6 Å². The SMILES string of the molecule is COc1cccc([C@H]2C3=C(CC(C)(C)CC3=O)Nc3[nH]c(=S)[nH]c(=O)c32)c1OC. The number of H-pyrrole nitrogens is 2. The van der Waals surface area contributed by atoms with E-state index < -0.39 is 5.92 Å². The zero-order chi connectivity index (χ0) is 20.9. The molecule has 152 valence electrons. The van der Waals surface area contributed by atoms with E-state index in [0.717, 1.165) is 5.70 Å². The highest BCUT2D eigenvalue weighted by Gasteiger charge is 2.43. The van der Waals surface area contributed by atoms with Crippen molar-refractivity contribution in [3.8, 4) is 11.5 Å². The van der Waals surface area contributed by atoms with Crippen LogP contribution in [0.4, 0.5) is 5.82 Å². The second-order valence-corrected chi connectivity index (χ2v) is 8.58. The molecule has 2 aromatic rings. The van der Waals surface area contributed by atoms with Gasteiger partial charge in [0.1, 0.15) is 5.82 Å². The van der Waals surface area contributed by atoms with E-state index in [1.807, 2.05) is 12.1 Å². The predicted molar refractivity (Wildman–Crippen MR) is 112 cm³/mol. The number of ether oxygens (including phenoxy) is 2. The first kappa shape index (κ1) is 19.4. The lowest BCUT2D eigenvalue weighted by Gasteiger charge is -2.39. The molecule has 3 N–H and O–H groups in total. The number of nitrogens with one attached hydrogen (secondary N) is 3. The summed E-state index contributed by atoms with van der Waals surface area (Å²) in [6.45, 7) is 4.13. The number of fused-ring (bicyclic) bond motifs is 1. The first-order chi connectivity index (χ1) is 13.8. The minimum absolute atomic E-state index is 0.0196. The van der Waals surface area contributed by atoms with Crippen LogP contribution in [0.1, 0.15) is 43.7 Å². The number of hydrogen-bond acceptors (Lipinski definition) is 6. The average molecular weight is 413 g/mol. The molecule has 4 rings (SSSR count). The number of hydrogen-bond donors (Lipinski definition) is 3. The number of benzene rings is 1. The molecule has 0 saturated heterocycles. The molecule has 1 aliphatic carbocycles. The number of methoxy groups -OCH3 is 2. The Kier molecular flexibility index (Phi) is 4.61. The summed E-state index contributed by atoms with van der Waals surface area (Å²) >= 11 is 5.16. The first-order valence-electron chi connectivity index (χ1n) is 9.36. The molecule has 0 fully saturated rings. The fourth-order valence-corrected chi connectivity index (χ4v) is 4.59. The summed E-state index contributed by atoms with van der Waals surface area (Å²) in [4.78, 5) is 31.9. The van der Waals surface area contributed by atoms with Crippen LogP contribution in [0.25, 0.3) is 0 Å². The van der Waals surface area contributed by atoms with Gasteiger partial charge in [0.25, 0.3) is 5.56 Å². The van der Waals surface area contributed by atoms with Gasteiger partial charge in [0.2, 0.25) is 0 Å². The highest BCUT2D eigenvalue weighted by Crippen LogP contribution is 2.50. The van der Waals surface area contributed by atoms with Crippen molar-refractivity contribution in [2.75, 3.05) is 19.5 Å². The molecule has 1 atom stereocenters. The van der Waals surface area contributed by atoms with E-state index in [0.29, 0.717) is 46.9 Å². The van der Waals surface area contributed by atoms with E-state index in [2.05, 4.69) is 29.1 Å². The highest BCUT2D eigenvalue weighted by molar-refractivity contribution is 7.71. The number of para-hydroxylation sites is 1. The molecule has 1 aromatic carbocycles. The van der Waals surface area contributed by atoms with Crippen LogP contribution in [0.5, 0.6) is 11.5 Å². The molecular formula is C21H23N3O4S. The van der Waals surface area contributed by atoms with Crippen molar-refractivity contribution in [1.29, 1.82) is 0 Å². The lowest BCUT2D eigenvalue weighted by atomic mass is 9.69. The van der Waals surface area contributed by atoms with Crippen molar-refractivity contribution in [3.63, 3.8) is 0 Å². The van der Waals surface area contributed by atoms with Crippen molar-refractivity contribution >= 4 is 23.8 Å². The van der Waals surface area contributed by atoms with Gasteiger partial charge in [-0.15, -0.1) is 0 Å². The van der Waals surface area contributed by atoms with E-state index in [4.69, 9.17) is 21.7 Å². The van der Waals surface area contributed by atoms with Gasteiger partial charge in [0.15, 0.2) is 22.1 Å². The molecule has 1 aliphatic heterocycles. The summed E-state index contributed by atoms with van der Waals surface area (Å²) in [6, 6.07) is 5.48. The van der Waals surface area contributed by atoms with Gasteiger partial charge in [-0.25, -0.2) is 0 Å². The molecule has 29 heavy (non-hydrogen) atoms. The molecule has 8 heteroatoms. The predicted octanol–water partition coefficient (Wildman–Crippen LogP) is 3.65. The second-order valence-electron chi connectivity index (χ2n) is 8.17. The second kappa shape index (κ2) is 6.88. The molecule has 0 amide bonds. The van der Waals surface area contributed by atoms with E-state index >= 15 is 0 Å². The number of carbonyl (C=O) groups is 1. The molecule has 2 aliphatic rings. The smallest absolute Gasteiger partial charge is 0.257 e. The van der Waals surface area contributed by atoms with Crippen LogP contribution in [-0.4, -0.2) is 30.0 Å². The van der Waals surface area contributed by atoms with Gasteiger partial charge >= 0.3 is 0 Å². The maximum Gasteiger partial charge on any atom is 0.257 e. The molecule has 0 radical (unpaired) electrons. The lowest BCUT2D eigenvalue weighted by molar-refractivity contribution is -0.118.